The Kier molecular flexibility index (Phi) is 4.56. The molecule has 0 spiro atoms. The van der Waals surface area contributed by atoms with Crippen molar-refractivity contribution in [1.29, 1.82) is 5.26 Å². The molecule has 4 nitrogen and oxygen atoms in total. The number of nitrogens with zero attached hydrogens (tertiary/aromatic N) is 3. The van der Waals surface area contributed by atoms with Gasteiger partial charge in [0.25, 0.3) is 0 Å². The molecule has 0 aliphatic heterocycles. The van der Waals surface area contributed by atoms with Gasteiger partial charge in [-0.3, -0.25) is 10.00 Å². The van der Waals surface area contributed by atoms with E-state index in [0.29, 0.717) is 6.54 Å². The maximum absolute atomic E-state index is 9.67. The van der Waals surface area contributed by atoms with Gasteiger partial charge in [0.1, 0.15) is 0 Å². The summed E-state index contributed by atoms with van der Waals surface area (Å²) in [5, 5.41) is 17.2. The molecule has 0 aliphatic rings. The fraction of sp³-hybridized carbons (Fsp3) is 0.286. The molecule has 0 bridgehead atoms. The van der Waals surface area contributed by atoms with Crippen molar-refractivity contribution in [2.45, 2.75) is 19.0 Å². The zero-order valence-electron chi connectivity index (χ0n) is 10.7. The molecule has 2 rings (SSSR count). The molecule has 1 aromatic carbocycles. The van der Waals surface area contributed by atoms with Crippen molar-refractivity contribution >= 4 is 22.6 Å². The number of hydrogen-bond donors (Lipinski definition) is 1. The fourth-order valence-electron chi connectivity index (χ4n) is 2.08. The van der Waals surface area contributed by atoms with Crippen LogP contribution < -0.4 is 5.32 Å². The molecule has 19 heavy (non-hydrogen) atoms. The highest BCUT2D eigenvalue weighted by Crippen LogP contribution is 2.22. The first-order chi connectivity index (χ1) is 9.20. The molecule has 1 N–H and O–H groups in total. The van der Waals surface area contributed by atoms with Crippen molar-refractivity contribution < 1.29 is 0 Å². The van der Waals surface area contributed by atoms with Crippen molar-refractivity contribution in [1.82, 2.24) is 15.1 Å². The minimum atomic E-state index is -0.745. The second kappa shape index (κ2) is 6.17. The number of hydrogen-bond acceptors (Lipinski definition) is 3. The second-order valence-electron chi connectivity index (χ2n) is 4.27. The van der Waals surface area contributed by atoms with Gasteiger partial charge in [-0.15, -0.1) is 0 Å². The number of likely N-dealkylation sites (N-methyl/N-ethyl adjacent to an activating group) is 1. The van der Waals surface area contributed by atoms with Crippen LogP contribution in [0, 0.1) is 14.9 Å². The summed E-state index contributed by atoms with van der Waals surface area (Å²) in [5.74, 6) is 0. The Labute approximate surface area is 126 Å². The fourth-order valence-corrected chi connectivity index (χ4v) is 2.53. The molecule has 0 fully saturated rings. The standard InChI is InChI=1S/C14H15IN4/c1-2-17-14(10-16,12-6-4-3-5-7-12)11-19-9-13(15)8-18-19/h3-9,17H,2,11H2,1H3. The van der Waals surface area contributed by atoms with Crippen LogP contribution in [0.25, 0.3) is 0 Å². The van der Waals surface area contributed by atoms with Crippen molar-refractivity contribution in [3.8, 4) is 6.07 Å². The maximum atomic E-state index is 9.67. The topological polar surface area (TPSA) is 53.6 Å². The number of nitrogens with one attached hydrogen (secondary N) is 1. The molecule has 0 amide bonds. The smallest absolute Gasteiger partial charge is 0.152 e. The second-order valence-corrected chi connectivity index (χ2v) is 5.52. The van der Waals surface area contributed by atoms with Crippen LogP contribution in [0.5, 0.6) is 0 Å². The van der Waals surface area contributed by atoms with Crippen LogP contribution in [-0.2, 0) is 12.1 Å². The molecule has 1 aromatic heterocycles. The number of halogens is 1. The van der Waals surface area contributed by atoms with Crippen LogP contribution in [0.1, 0.15) is 12.5 Å². The van der Waals surface area contributed by atoms with Crippen LogP contribution in [0.3, 0.4) is 0 Å². The summed E-state index contributed by atoms with van der Waals surface area (Å²) in [6.07, 6.45) is 3.73. The highest BCUT2D eigenvalue weighted by molar-refractivity contribution is 14.1. The Bertz CT molecular complexity index is 573. The Morgan fingerprint density at radius 2 is 2.16 bits per heavy atom. The van der Waals surface area contributed by atoms with Gasteiger partial charge in [-0.05, 0) is 34.7 Å². The van der Waals surface area contributed by atoms with Gasteiger partial charge in [-0.1, -0.05) is 37.3 Å². The van der Waals surface area contributed by atoms with Gasteiger partial charge in [0.2, 0.25) is 0 Å². The lowest BCUT2D eigenvalue weighted by Crippen LogP contribution is -2.44. The Balaban J connectivity index is 2.37. The van der Waals surface area contributed by atoms with E-state index in [4.69, 9.17) is 0 Å². The molecule has 0 saturated heterocycles. The molecule has 0 radical (unpaired) electrons. The first kappa shape index (κ1) is 14.0. The largest absolute Gasteiger partial charge is 0.294 e. The molecular formula is C14H15IN4. The molecule has 1 unspecified atom stereocenters. The van der Waals surface area contributed by atoms with Crippen LogP contribution >= 0.6 is 22.6 Å². The lowest BCUT2D eigenvalue weighted by molar-refractivity contribution is 0.358. The van der Waals surface area contributed by atoms with Crippen LogP contribution in [0.2, 0.25) is 0 Å². The summed E-state index contributed by atoms with van der Waals surface area (Å²) in [7, 11) is 0. The van der Waals surface area contributed by atoms with Crippen LogP contribution in [-0.4, -0.2) is 16.3 Å². The van der Waals surface area contributed by atoms with Gasteiger partial charge in [0.05, 0.1) is 22.4 Å². The Morgan fingerprint density at radius 3 is 2.68 bits per heavy atom. The van der Waals surface area contributed by atoms with Gasteiger partial charge in [-0.25, -0.2) is 0 Å². The van der Waals surface area contributed by atoms with E-state index in [1.165, 1.54) is 0 Å². The van der Waals surface area contributed by atoms with Crippen LogP contribution in [0.4, 0.5) is 0 Å². The minimum absolute atomic E-state index is 0.490. The molecule has 2 aromatic rings. The average molecular weight is 366 g/mol. The maximum Gasteiger partial charge on any atom is 0.152 e. The molecule has 0 saturated carbocycles. The molecular weight excluding hydrogens is 351 g/mol. The third-order valence-electron chi connectivity index (χ3n) is 2.94. The van der Waals surface area contributed by atoms with Crippen molar-refractivity contribution in [3.05, 3.63) is 51.9 Å². The summed E-state index contributed by atoms with van der Waals surface area (Å²) in [6.45, 7) is 3.22. The summed E-state index contributed by atoms with van der Waals surface area (Å²) in [4.78, 5) is 0. The van der Waals surface area contributed by atoms with E-state index in [9.17, 15) is 5.26 Å². The van der Waals surface area contributed by atoms with E-state index in [-0.39, 0.29) is 0 Å². The predicted molar refractivity (Wildman–Crippen MR) is 82.4 cm³/mol. The number of rotatable bonds is 5. The van der Waals surface area contributed by atoms with Crippen molar-refractivity contribution in [2.75, 3.05) is 6.54 Å². The summed E-state index contributed by atoms with van der Waals surface area (Å²) in [6, 6.07) is 12.2. The highest BCUT2D eigenvalue weighted by Gasteiger charge is 2.32. The quantitative estimate of drug-likeness (QED) is 0.828. The van der Waals surface area contributed by atoms with Crippen molar-refractivity contribution in [2.24, 2.45) is 0 Å². The lowest BCUT2D eigenvalue weighted by Gasteiger charge is -2.28. The third kappa shape index (κ3) is 3.14. The monoisotopic (exact) mass is 366 g/mol. The van der Waals surface area contributed by atoms with Gasteiger partial charge in [-0.2, -0.15) is 10.4 Å². The zero-order valence-corrected chi connectivity index (χ0v) is 12.8. The van der Waals surface area contributed by atoms with Gasteiger partial charge in [0, 0.05) is 6.20 Å². The molecule has 1 heterocycles. The van der Waals surface area contributed by atoms with Crippen molar-refractivity contribution in [3.63, 3.8) is 0 Å². The van der Waals surface area contributed by atoms with Gasteiger partial charge in [0.15, 0.2) is 5.54 Å². The number of benzene rings is 1. The normalized spacial score (nSPS) is 13.7. The van der Waals surface area contributed by atoms with Crippen LogP contribution in [0.15, 0.2) is 42.7 Å². The van der Waals surface area contributed by atoms with E-state index in [1.807, 2.05) is 43.5 Å². The number of aromatic nitrogens is 2. The van der Waals surface area contributed by atoms with E-state index in [2.05, 4.69) is 39.1 Å². The van der Waals surface area contributed by atoms with E-state index in [0.717, 1.165) is 15.7 Å². The SMILES string of the molecule is CCNC(C#N)(Cn1cc(I)cn1)c1ccccc1. The average Bonchev–Trinajstić information content (AvgIpc) is 2.84. The van der Waals surface area contributed by atoms with E-state index < -0.39 is 5.54 Å². The summed E-state index contributed by atoms with van der Waals surface area (Å²) in [5.41, 5.74) is 0.218. The first-order valence-electron chi connectivity index (χ1n) is 6.10. The predicted octanol–water partition coefficient (Wildman–Crippen LogP) is 2.52. The van der Waals surface area contributed by atoms with Gasteiger partial charge >= 0.3 is 0 Å². The van der Waals surface area contributed by atoms with Gasteiger partial charge < -0.3 is 0 Å². The Morgan fingerprint density at radius 1 is 1.42 bits per heavy atom. The minimum Gasteiger partial charge on any atom is -0.294 e. The van der Waals surface area contributed by atoms with E-state index in [1.54, 1.807) is 10.9 Å². The molecule has 98 valence electrons. The molecule has 5 heteroatoms. The number of nitriles is 1. The summed E-state index contributed by atoms with van der Waals surface area (Å²) < 4.78 is 2.87. The lowest BCUT2D eigenvalue weighted by atomic mass is 9.91. The zero-order chi connectivity index (χ0) is 13.7. The summed E-state index contributed by atoms with van der Waals surface area (Å²) >= 11 is 2.21. The third-order valence-corrected chi connectivity index (χ3v) is 3.49. The highest BCUT2D eigenvalue weighted by atomic mass is 127. The molecule has 1 atom stereocenters. The van der Waals surface area contributed by atoms with E-state index >= 15 is 0 Å². The Hall–Kier alpha value is -1.39. The first-order valence-corrected chi connectivity index (χ1v) is 7.18. The molecule has 0 aliphatic carbocycles.